The lowest BCUT2D eigenvalue weighted by molar-refractivity contribution is -0.123. The van der Waals surface area contributed by atoms with Gasteiger partial charge in [-0.05, 0) is 77.8 Å². The molecule has 2 amide bonds. The van der Waals surface area contributed by atoms with Crippen LogP contribution in [0.2, 0.25) is 0 Å². The van der Waals surface area contributed by atoms with Crippen LogP contribution in [0.25, 0.3) is 0 Å². The molecule has 0 bridgehead atoms. The Kier molecular flexibility index (Phi) is 7.44. The van der Waals surface area contributed by atoms with Crippen LogP contribution in [0, 0.1) is 20.8 Å². The Morgan fingerprint density at radius 3 is 2.13 bits per heavy atom. The van der Waals surface area contributed by atoms with Crippen LogP contribution >= 0.6 is 0 Å². The van der Waals surface area contributed by atoms with Crippen LogP contribution in [0.15, 0.2) is 36.4 Å². The standard InChI is InChI=1S/C24H30N2O5/c1-14-11-15(2)20(16(3)12-14)26-21(27)17(4)30-22(28)18-9-8-10-19(13-18)25-23(29)31-24(5,6)7/h8-13,17H,1-7H3,(H,25,29)(H,26,27). The summed E-state index contributed by atoms with van der Waals surface area (Å²) in [5.74, 6) is -1.10. The van der Waals surface area contributed by atoms with E-state index in [4.69, 9.17) is 9.47 Å². The minimum absolute atomic E-state index is 0.205. The number of ether oxygens (including phenoxy) is 2. The first-order chi connectivity index (χ1) is 14.4. The molecule has 0 heterocycles. The molecule has 0 spiro atoms. The predicted octanol–water partition coefficient (Wildman–Crippen LogP) is 5.14. The fourth-order valence-electron chi connectivity index (χ4n) is 3.03. The smallest absolute Gasteiger partial charge is 0.412 e. The van der Waals surface area contributed by atoms with Gasteiger partial charge in [0.25, 0.3) is 5.91 Å². The van der Waals surface area contributed by atoms with Crippen LogP contribution in [0.3, 0.4) is 0 Å². The Balaban J connectivity index is 2.03. The van der Waals surface area contributed by atoms with Gasteiger partial charge in [0.05, 0.1) is 5.56 Å². The van der Waals surface area contributed by atoms with E-state index in [1.54, 1.807) is 39.0 Å². The lowest BCUT2D eigenvalue weighted by atomic mass is 10.0. The van der Waals surface area contributed by atoms with Gasteiger partial charge in [-0.3, -0.25) is 10.1 Å². The second-order valence-corrected chi connectivity index (χ2v) is 8.52. The molecule has 0 aliphatic rings. The highest BCUT2D eigenvalue weighted by atomic mass is 16.6. The number of rotatable bonds is 5. The van der Waals surface area contributed by atoms with Crippen molar-refractivity contribution in [2.24, 2.45) is 0 Å². The van der Waals surface area contributed by atoms with Crippen LogP contribution in [-0.4, -0.2) is 29.7 Å². The first kappa shape index (κ1) is 23.9. The second kappa shape index (κ2) is 9.64. The molecule has 0 radical (unpaired) electrons. The molecule has 2 aromatic carbocycles. The van der Waals surface area contributed by atoms with Crippen molar-refractivity contribution in [3.63, 3.8) is 0 Å². The summed E-state index contributed by atoms with van der Waals surface area (Å²) in [5, 5.41) is 5.40. The molecule has 0 aliphatic carbocycles. The van der Waals surface area contributed by atoms with Crippen LogP contribution in [-0.2, 0) is 14.3 Å². The highest BCUT2D eigenvalue weighted by Gasteiger charge is 2.21. The SMILES string of the molecule is Cc1cc(C)c(NC(=O)C(C)OC(=O)c2cccc(NC(=O)OC(C)(C)C)c2)c(C)c1. The monoisotopic (exact) mass is 426 g/mol. The summed E-state index contributed by atoms with van der Waals surface area (Å²) < 4.78 is 10.5. The normalized spacial score (nSPS) is 12.0. The van der Waals surface area contributed by atoms with Gasteiger partial charge in [-0.15, -0.1) is 0 Å². The molecule has 2 rings (SSSR count). The zero-order valence-corrected chi connectivity index (χ0v) is 19.1. The van der Waals surface area contributed by atoms with Gasteiger partial charge in [0, 0.05) is 11.4 Å². The van der Waals surface area contributed by atoms with Crippen molar-refractivity contribution in [3.8, 4) is 0 Å². The molecule has 0 aromatic heterocycles. The van der Waals surface area contributed by atoms with Gasteiger partial charge in [-0.25, -0.2) is 9.59 Å². The Hall–Kier alpha value is -3.35. The van der Waals surface area contributed by atoms with Crippen molar-refractivity contribution in [1.82, 2.24) is 0 Å². The Morgan fingerprint density at radius 2 is 1.55 bits per heavy atom. The van der Waals surface area contributed by atoms with Gasteiger partial charge in [0.15, 0.2) is 6.10 Å². The second-order valence-electron chi connectivity index (χ2n) is 8.52. The molecule has 7 heteroatoms. The average molecular weight is 427 g/mol. The van der Waals surface area contributed by atoms with Gasteiger partial charge in [0.2, 0.25) is 0 Å². The van der Waals surface area contributed by atoms with Crippen molar-refractivity contribution in [1.29, 1.82) is 0 Å². The van der Waals surface area contributed by atoms with Crippen LogP contribution in [0.5, 0.6) is 0 Å². The third-order valence-electron chi connectivity index (χ3n) is 4.32. The van der Waals surface area contributed by atoms with Gasteiger partial charge in [-0.2, -0.15) is 0 Å². The summed E-state index contributed by atoms with van der Waals surface area (Å²) in [6.07, 6.45) is -1.63. The first-order valence-electron chi connectivity index (χ1n) is 10.1. The third-order valence-corrected chi connectivity index (χ3v) is 4.32. The maximum absolute atomic E-state index is 12.6. The van der Waals surface area contributed by atoms with E-state index in [0.29, 0.717) is 11.4 Å². The molecule has 166 valence electrons. The maximum atomic E-state index is 12.6. The summed E-state index contributed by atoms with van der Waals surface area (Å²) in [6, 6.07) is 10.2. The summed E-state index contributed by atoms with van der Waals surface area (Å²) in [4.78, 5) is 37.0. The number of hydrogen-bond donors (Lipinski definition) is 2. The van der Waals surface area contributed by atoms with Gasteiger partial charge in [-0.1, -0.05) is 23.8 Å². The van der Waals surface area contributed by atoms with E-state index >= 15 is 0 Å². The summed E-state index contributed by atoms with van der Waals surface area (Å²) >= 11 is 0. The number of nitrogens with one attached hydrogen (secondary N) is 2. The Morgan fingerprint density at radius 1 is 0.935 bits per heavy atom. The lowest BCUT2D eigenvalue weighted by Crippen LogP contribution is -2.30. The van der Waals surface area contributed by atoms with Crippen LogP contribution in [0.1, 0.15) is 54.7 Å². The van der Waals surface area contributed by atoms with Crippen molar-refractivity contribution < 1.29 is 23.9 Å². The molecule has 0 aliphatic heterocycles. The molecule has 0 fully saturated rings. The number of carbonyl (C=O) groups is 3. The quantitative estimate of drug-likeness (QED) is 0.646. The number of amides is 2. The lowest BCUT2D eigenvalue weighted by Gasteiger charge is -2.20. The number of anilines is 2. The summed E-state index contributed by atoms with van der Waals surface area (Å²) in [5.41, 5.74) is 3.63. The maximum Gasteiger partial charge on any atom is 0.412 e. The van der Waals surface area contributed by atoms with E-state index in [1.165, 1.54) is 13.0 Å². The molecule has 1 atom stereocenters. The minimum atomic E-state index is -1.00. The van der Waals surface area contributed by atoms with E-state index in [2.05, 4.69) is 10.6 Å². The van der Waals surface area contributed by atoms with E-state index in [-0.39, 0.29) is 5.56 Å². The highest BCUT2D eigenvalue weighted by molar-refractivity contribution is 5.98. The highest BCUT2D eigenvalue weighted by Crippen LogP contribution is 2.22. The Bertz CT molecular complexity index is 969. The third kappa shape index (κ3) is 7.13. The van der Waals surface area contributed by atoms with Crippen molar-refractivity contribution >= 4 is 29.3 Å². The van der Waals surface area contributed by atoms with Crippen molar-refractivity contribution in [2.75, 3.05) is 10.6 Å². The molecule has 0 saturated carbocycles. The fraction of sp³-hybridized carbons (Fsp3) is 0.375. The van der Waals surface area contributed by atoms with Crippen LogP contribution in [0.4, 0.5) is 16.2 Å². The molecular formula is C24H30N2O5. The van der Waals surface area contributed by atoms with E-state index in [0.717, 1.165) is 16.7 Å². The number of benzene rings is 2. The zero-order chi connectivity index (χ0) is 23.3. The van der Waals surface area contributed by atoms with Crippen molar-refractivity contribution in [2.45, 2.75) is 60.2 Å². The largest absolute Gasteiger partial charge is 0.449 e. The molecule has 2 N–H and O–H groups in total. The average Bonchev–Trinajstić information content (AvgIpc) is 2.62. The van der Waals surface area contributed by atoms with E-state index in [1.807, 2.05) is 32.9 Å². The Labute approximate surface area is 183 Å². The molecule has 2 aromatic rings. The number of aryl methyl sites for hydroxylation is 3. The topological polar surface area (TPSA) is 93.7 Å². The minimum Gasteiger partial charge on any atom is -0.449 e. The van der Waals surface area contributed by atoms with Gasteiger partial charge in [0.1, 0.15) is 5.60 Å². The summed E-state index contributed by atoms with van der Waals surface area (Å²) in [6.45, 7) is 12.6. The number of hydrogen-bond acceptors (Lipinski definition) is 5. The molecule has 7 nitrogen and oxygen atoms in total. The van der Waals surface area contributed by atoms with Gasteiger partial charge >= 0.3 is 12.1 Å². The van der Waals surface area contributed by atoms with Crippen molar-refractivity contribution in [3.05, 3.63) is 58.7 Å². The van der Waals surface area contributed by atoms with E-state index < -0.39 is 29.7 Å². The van der Waals surface area contributed by atoms with Crippen LogP contribution < -0.4 is 10.6 Å². The predicted molar refractivity (Wildman–Crippen MR) is 120 cm³/mol. The summed E-state index contributed by atoms with van der Waals surface area (Å²) in [7, 11) is 0. The number of esters is 1. The molecular weight excluding hydrogens is 396 g/mol. The zero-order valence-electron chi connectivity index (χ0n) is 19.1. The molecule has 0 saturated heterocycles. The number of carbonyl (C=O) groups excluding carboxylic acids is 3. The molecule has 31 heavy (non-hydrogen) atoms. The first-order valence-corrected chi connectivity index (χ1v) is 10.1. The van der Waals surface area contributed by atoms with Gasteiger partial charge < -0.3 is 14.8 Å². The fourth-order valence-corrected chi connectivity index (χ4v) is 3.03. The molecule has 1 unspecified atom stereocenters. The van der Waals surface area contributed by atoms with E-state index in [9.17, 15) is 14.4 Å².